The molecule has 2 aromatic heterocycles. The molecule has 0 unspecified atom stereocenters. The molecule has 2 aromatic carbocycles. The van der Waals surface area contributed by atoms with Crippen molar-refractivity contribution in [3.63, 3.8) is 0 Å². The molecule has 31 heavy (non-hydrogen) atoms. The summed E-state index contributed by atoms with van der Waals surface area (Å²) >= 11 is 0. The number of fused-ring (bicyclic) bond motifs is 1. The van der Waals surface area contributed by atoms with Gasteiger partial charge < -0.3 is 5.11 Å². The normalized spacial score (nSPS) is 12.0. The fourth-order valence-electron chi connectivity index (χ4n) is 3.26. The Morgan fingerprint density at radius 3 is 2.42 bits per heavy atom. The first-order chi connectivity index (χ1) is 14.8. The molecule has 4 aromatic rings. The van der Waals surface area contributed by atoms with Crippen LogP contribution in [0.15, 0.2) is 76.5 Å². The maximum atomic E-state index is 13.0. The number of hydrogen-bond donors (Lipinski definition) is 1. The first-order valence-corrected chi connectivity index (χ1v) is 9.28. The van der Waals surface area contributed by atoms with Crippen LogP contribution in [0.4, 0.5) is 18.9 Å². The molecule has 0 atom stereocenters. The van der Waals surface area contributed by atoms with Gasteiger partial charge in [0.1, 0.15) is 5.82 Å². The van der Waals surface area contributed by atoms with E-state index in [1.807, 2.05) is 0 Å². The monoisotopic (exact) mass is 423 g/mol. The van der Waals surface area contributed by atoms with Crippen LogP contribution in [0.1, 0.15) is 16.8 Å². The summed E-state index contributed by atoms with van der Waals surface area (Å²) in [5.74, 6) is -0.181. The lowest BCUT2D eigenvalue weighted by atomic mass is 10.1. The molecule has 156 valence electrons. The number of benzene rings is 2. The van der Waals surface area contributed by atoms with Gasteiger partial charge in [-0.05, 0) is 43.3 Å². The van der Waals surface area contributed by atoms with Crippen molar-refractivity contribution in [1.29, 1.82) is 0 Å². The van der Waals surface area contributed by atoms with Gasteiger partial charge in [0, 0.05) is 22.7 Å². The molecule has 0 aliphatic carbocycles. The molecule has 8 heteroatoms. The van der Waals surface area contributed by atoms with Gasteiger partial charge >= 0.3 is 6.18 Å². The second-order valence-corrected chi connectivity index (χ2v) is 6.87. The summed E-state index contributed by atoms with van der Waals surface area (Å²) in [6.45, 7) is 1.75. The van der Waals surface area contributed by atoms with Crippen LogP contribution in [0.3, 0.4) is 0 Å². The number of aromatic hydroxyl groups is 1. The number of halogens is 3. The first-order valence-electron chi connectivity index (χ1n) is 9.28. The Labute approximate surface area is 174 Å². The number of nitrogens with zero attached hydrogens (tertiary/aromatic N) is 3. The van der Waals surface area contributed by atoms with Gasteiger partial charge in [0.2, 0.25) is 5.88 Å². The molecule has 0 saturated heterocycles. The fourth-order valence-corrected chi connectivity index (χ4v) is 3.26. The fraction of sp³-hybridized carbons (Fsp3) is 0.0870. The van der Waals surface area contributed by atoms with E-state index in [0.717, 1.165) is 16.7 Å². The van der Waals surface area contributed by atoms with Crippen LogP contribution in [0.5, 0.6) is 5.88 Å². The summed E-state index contributed by atoms with van der Waals surface area (Å²) in [6.07, 6.45) is -3.25. The molecule has 0 spiro atoms. The van der Waals surface area contributed by atoms with Gasteiger partial charge in [-0.15, -0.1) is 0 Å². The zero-order valence-electron chi connectivity index (χ0n) is 16.3. The topological polar surface area (TPSA) is 67.5 Å². The molecule has 0 radical (unpaired) electrons. The Bertz CT molecular complexity index is 1370. The minimum atomic E-state index is -4.50. The molecule has 1 N–H and O–H groups in total. The maximum Gasteiger partial charge on any atom is 0.416 e. The lowest BCUT2D eigenvalue weighted by Gasteiger charge is -2.13. The van der Waals surface area contributed by atoms with Crippen molar-refractivity contribution < 1.29 is 18.3 Å². The van der Waals surface area contributed by atoms with Crippen LogP contribution in [-0.2, 0) is 6.18 Å². The molecule has 0 aliphatic rings. The smallest absolute Gasteiger partial charge is 0.416 e. The molecule has 0 saturated carbocycles. The van der Waals surface area contributed by atoms with Crippen LogP contribution in [0, 0.1) is 6.92 Å². The lowest BCUT2D eigenvalue weighted by Crippen LogP contribution is -2.21. The van der Waals surface area contributed by atoms with E-state index < -0.39 is 23.2 Å². The quantitative estimate of drug-likeness (QED) is 0.463. The minimum Gasteiger partial charge on any atom is -0.494 e. The summed E-state index contributed by atoms with van der Waals surface area (Å²) in [6, 6.07) is 16.2. The summed E-state index contributed by atoms with van der Waals surface area (Å²) < 4.78 is 40.0. The van der Waals surface area contributed by atoms with E-state index in [1.54, 1.807) is 49.4 Å². The van der Waals surface area contributed by atoms with E-state index in [9.17, 15) is 23.1 Å². The average molecular weight is 423 g/mol. The van der Waals surface area contributed by atoms with E-state index in [-0.39, 0.29) is 17.1 Å². The Morgan fingerprint density at radius 1 is 1.00 bits per heavy atom. The highest BCUT2D eigenvalue weighted by Gasteiger charge is 2.30. The number of aryl methyl sites for hydroxylation is 1. The molecule has 0 amide bonds. The van der Waals surface area contributed by atoms with E-state index in [4.69, 9.17) is 0 Å². The summed E-state index contributed by atoms with van der Waals surface area (Å²) in [4.78, 5) is 21.5. The van der Waals surface area contributed by atoms with Crippen molar-refractivity contribution >= 4 is 22.7 Å². The zero-order valence-corrected chi connectivity index (χ0v) is 16.3. The predicted octanol–water partition coefficient (Wildman–Crippen LogP) is 5.17. The third-order valence-electron chi connectivity index (χ3n) is 4.72. The Morgan fingerprint density at radius 2 is 1.71 bits per heavy atom. The maximum absolute atomic E-state index is 13.0. The van der Waals surface area contributed by atoms with E-state index >= 15 is 0 Å². The standard InChI is InChI=1S/C23H16F3N3O2/c1-14-6-4-11-20(28-14)29-21(30)18-10-3-2-9-17(18)19(22(29)31)13-27-16-8-5-7-15(12-16)23(24,25)26/h2-13,31H,1H3. The highest BCUT2D eigenvalue weighted by Crippen LogP contribution is 2.32. The highest BCUT2D eigenvalue weighted by atomic mass is 19.4. The van der Waals surface area contributed by atoms with Crippen LogP contribution in [0.25, 0.3) is 16.6 Å². The largest absolute Gasteiger partial charge is 0.494 e. The molecule has 2 heterocycles. The highest BCUT2D eigenvalue weighted by molar-refractivity contribution is 6.02. The van der Waals surface area contributed by atoms with Crippen molar-refractivity contribution in [3.8, 4) is 11.7 Å². The summed E-state index contributed by atoms with van der Waals surface area (Å²) in [5.41, 5.74) is -0.399. The van der Waals surface area contributed by atoms with E-state index in [0.29, 0.717) is 16.5 Å². The van der Waals surface area contributed by atoms with E-state index in [2.05, 4.69) is 9.98 Å². The zero-order chi connectivity index (χ0) is 22.2. The molecule has 5 nitrogen and oxygen atoms in total. The molecular formula is C23H16F3N3O2. The summed E-state index contributed by atoms with van der Waals surface area (Å²) in [7, 11) is 0. The van der Waals surface area contributed by atoms with Gasteiger partial charge in [-0.25, -0.2) is 9.55 Å². The van der Waals surface area contributed by atoms with Gasteiger partial charge in [0.25, 0.3) is 5.56 Å². The number of alkyl halides is 3. The molecule has 4 rings (SSSR count). The second kappa shape index (κ2) is 7.71. The summed E-state index contributed by atoms with van der Waals surface area (Å²) in [5, 5.41) is 11.7. The van der Waals surface area contributed by atoms with Crippen LogP contribution in [-0.4, -0.2) is 20.9 Å². The van der Waals surface area contributed by atoms with Crippen LogP contribution >= 0.6 is 0 Å². The Kier molecular flexibility index (Phi) is 5.06. The van der Waals surface area contributed by atoms with Crippen molar-refractivity contribution in [2.75, 3.05) is 0 Å². The Balaban J connectivity index is 1.92. The van der Waals surface area contributed by atoms with Gasteiger partial charge in [-0.1, -0.05) is 30.3 Å². The molecular weight excluding hydrogens is 407 g/mol. The van der Waals surface area contributed by atoms with Gasteiger partial charge in [0.05, 0.1) is 16.8 Å². The number of hydrogen-bond acceptors (Lipinski definition) is 4. The lowest BCUT2D eigenvalue weighted by molar-refractivity contribution is -0.137. The number of pyridine rings is 2. The third-order valence-corrected chi connectivity index (χ3v) is 4.72. The molecule has 0 bridgehead atoms. The third kappa shape index (κ3) is 3.92. The average Bonchev–Trinajstić information content (AvgIpc) is 2.73. The molecule has 0 aliphatic heterocycles. The van der Waals surface area contributed by atoms with Gasteiger partial charge in [0.15, 0.2) is 0 Å². The molecule has 0 fully saturated rings. The van der Waals surface area contributed by atoms with E-state index in [1.165, 1.54) is 18.3 Å². The number of aromatic nitrogens is 2. The Hall–Kier alpha value is -3.94. The SMILES string of the molecule is Cc1cccc(-n2c(O)c(C=Nc3cccc(C(F)(F)F)c3)c3ccccc3c2=O)n1. The number of aliphatic imine (C=N–C) groups is 1. The minimum absolute atomic E-state index is 0.0599. The van der Waals surface area contributed by atoms with Crippen molar-refractivity contribution in [2.24, 2.45) is 4.99 Å². The predicted molar refractivity (Wildman–Crippen MR) is 112 cm³/mol. The van der Waals surface area contributed by atoms with Crippen LogP contribution in [0.2, 0.25) is 0 Å². The van der Waals surface area contributed by atoms with Crippen molar-refractivity contribution in [2.45, 2.75) is 13.1 Å². The van der Waals surface area contributed by atoms with Crippen molar-refractivity contribution in [3.05, 3.63) is 93.9 Å². The van der Waals surface area contributed by atoms with Crippen LogP contribution < -0.4 is 5.56 Å². The van der Waals surface area contributed by atoms with Gasteiger partial charge in [-0.3, -0.25) is 9.79 Å². The van der Waals surface area contributed by atoms with Crippen molar-refractivity contribution in [1.82, 2.24) is 9.55 Å². The van der Waals surface area contributed by atoms with Gasteiger partial charge in [-0.2, -0.15) is 13.2 Å². The number of rotatable bonds is 3. The second-order valence-electron chi connectivity index (χ2n) is 6.87. The first kappa shape index (κ1) is 20.3.